The van der Waals surface area contributed by atoms with E-state index in [0.29, 0.717) is 0 Å². The Morgan fingerprint density at radius 3 is 2.55 bits per heavy atom. The van der Waals surface area contributed by atoms with Crippen molar-refractivity contribution in [2.45, 2.75) is 6.92 Å². The lowest BCUT2D eigenvalue weighted by atomic mass is 10.2. The number of hydrogen-bond donors (Lipinski definition) is 1. The number of nitro benzene ring substituents is 1. The Balaban J connectivity index is 1.61. The van der Waals surface area contributed by atoms with E-state index < -0.39 is 23.4 Å². The summed E-state index contributed by atoms with van der Waals surface area (Å²) in [7, 11) is 0. The molecule has 0 bridgehead atoms. The molecular formula is C19H15ClN4O5. The van der Waals surface area contributed by atoms with Gasteiger partial charge in [-0.05, 0) is 49.4 Å². The Hall–Kier alpha value is -3.72. The highest BCUT2D eigenvalue weighted by Gasteiger charge is 2.17. The number of nitrogens with one attached hydrogen (secondary N) is 1. The minimum atomic E-state index is -0.729. The number of nitro groups is 1. The summed E-state index contributed by atoms with van der Waals surface area (Å²) in [5.41, 5.74) is 1.56. The van der Waals surface area contributed by atoms with Gasteiger partial charge >= 0.3 is 5.97 Å². The predicted molar refractivity (Wildman–Crippen MR) is 105 cm³/mol. The highest BCUT2D eigenvalue weighted by molar-refractivity contribution is 6.31. The number of esters is 1. The summed E-state index contributed by atoms with van der Waals surface area (Å²) in [6, 6.07) is 12.1. The summed E-state index contributed by atoms with van der Waals surface area (Å²) >= 11 is 5.81. The van der Waals surface area contributed by atoms with Gasteiger partial charge in [-0.2, -0.15) is 5.10 Å². The maximum Gasteiger partial charge on any atom is 0.338 e. The fraction of sp³-hybridized carbons (Fsp3) is 0.105. The summed E-state index contributed by atoms with van der Waals surface area (Å²) in [5, 5.41) is 17.7. The van der Waals surface area contributed by atoms with Crippen LogP contribution < -0.4 is 5.32 Å². The molecule has 10 heteroatoms. The summed E-state index contributed by atoms with van der Waals surface area (Å²) in [5.74, 6) is -1.43. The Kier molecular flexibility index (Phi) is 5.89. The molecule has 3 rings (SSSR count). The largest absolute Gasteiger partial charge is 0.452 e. The molecule has 3 aromatic rings. The van der Waals surface area contributed by atoms with Crippen molar-refractivity contribution in [1.82, 2.24) is 9.78 Å². The number of aromatic nitrogens is 2. The molecule has 1 heterocycles. The first kappa shape index (κ1) is 20.0. The monoisotopic (exact) mass is 414 g/mol. The molecular weight excluding hydrogens is 400 g/mol. The van der Waals surface area contributed by atoms with Crippen molar-refractivity contribution in [3.8, 4) is 5.69 Å². The first-order chi connectivity index (χ1) is 13.8. The van der Waals surface area contributed by atoms with Crippen molar-refractivity contribution in [2.24, 2.45) is 0 Å². The lowest BCUT2D eigenvalue weighted by Crippen LogP contribution is -2.21. The molecule has 0 aliphatic rings. The molecule has 0 radical (unpaired) electrons. The number of ether oxygens (including phenoxy) is 1. The third-order valence-corrected chi connectivity index (χ3v) is 4.18. The number of aryl methyl sites for hydroxylation is 1. The molecule has 1 amide bonds. The molecule has 1 N–H and O–H groups in total. The second-order valence-corrected chi connectivity index (χ2v) is 6.41. The third-order valence-electron chi connectivity index (χ3n) is 3.94. The van der Waals surface area contributed by atoms with E-state index in [9.17, 15) is 19.7 Å². The number of hydrogen-bond acceptors (Lipinski definition) is 6. The van der Waals surface area contributed by atoms with Gasteiger partial charge < -0.3 is 10.1 Å². The molecule has 1 aromatic heterocycles. The third kappa shape index (κ3) is 4.77. The highest BCUT2D eigenvalue weighted by Crippen LogP contribution is 2.27. The van der Waals surface area contributed by atoms with Crippen molar-refractivity contribution in [3.05, 3.63) is 81.1 Å². The van der Waals surface area contributed by atoms with Gasteiger partial charge in [0.15, 0.2) is 6.61 Å². The van der Waals surface area contributed by atoms with Crippen LogP contribution >= 0.6 is 11.6 Å². The van der Waals surface area contributed by atoms with Gasteiger partial charge in [-0.3, -0.25) is 14.9 Å². The van der Waals surface area contributed by atoms with Crippen molar-refractivity contribution < 1.29 is 19.2 Å². The van der Waals surface area contributed by atoms with E-state index in [2.05, 4.69) is 10.4 Å². The number of carbonyl (C=O) groups is 2. The van der Waals surface area contributed by atoms with Crippen LogP contribution in [0.5, 0.6) is 0 Å². The van der Waals surface area contributed by atoms with Crippen LogP contribution in [-0.4, -0.2) is 33.2 Å². The highest BCUT2D eigenvalue weighted by atomic mass is 35.5. The smallest absolute Gasteiger partial charge is 0.338 e. The van der Waals surface area contributed by atoms with Gasteiger partial charge in [-0.25, -0.2) is 9.48 Å². The fourth-order valence-electron chi connectivity index (χ4n) is 2.55. The van der Waals surface area contributed by atoms with Crippen LogP contribution in [0.1, 0.15) is 16.1 Å². The molecule has 0 saturated heterocycles. The van der Waals surface area contributed by atoms with Crippen LogP contribution in [0.3, 0.4) is 0 Å². The van der Waals surface area contributed by atoms with Crippen LogP contribution in [-0.2, 0) is 9.53 Å². The minimum Gasteiger partial charge on any atom is -0.452 e. The predicted octanol–water partition coefficient (Wildman–Crippen LogP) is 3.54. The quantitative estimate of drug-likeness (QED) is 0.374. The second-order valence-electron chi connectivity index (χ2n) is 5.97. The molecule has 148 valence electrons. The Labute approximate surface area is 170 Å². The number of nitrogens with zero attached hydrogens (tertiary/aromatic N) is 3. The average Bonchev–Trinajstić information content (AvgIpc) is 3.12. The Bertz CT molecular complexity index is 1080. The van der Waals surface area contributed by atoms with Gasteiger partial charge in [-0.1, -0.05) is 11.6 Å². The van der Waals surface area contributed by atoms with E-state index in [1.807, 2.05) is 13.0 Å². The van der Waals surface area contributed by atoms with Crippen molar-refractivity contribution in [2.75, 3.05) is 11.9 Å². The number of rotatable bonds is 6. The molecule has 0 atom stereocenters. The lowest BCUT2D eigenvalue weighted by molar-refractivity contribution is -0.383. The van der Waals surface area contributed by atoms with Crippen LogP contribution in [0.25, 0.3) is 5.69 Å². The van der Waals surface area contributed by atoms with Crippen molar-refractivity contribution >= 4 is 34.9 Å². The maximum atomic E-state index is 12.1. The Morgan fingerprint density at radius 1 is 1.21 bits per heavy atom. The maximum absolute atomic E-state index is 12.1. The topological polar surface area (TPSA) is 116 Å². The van der Waals surface area contributed by atoms with E-state index in [1.165, 1.54) is 18.2 Å². The van der Waals surface area contributed by atoms with E-state index >= 15 is 0 Å². The van der Waals surface area contributed by atoms with Gasteiger partial charge in [0.25, 0.3) is 11.6 Å². The molecule has 0 aliphatic carbocycles. The molecule has 29 heavy (non-hydrogen) atoms. The zero-order chi connectivity index (χ0) is 21.0. The standard InChI is InChI=1S/C19H15ClN4O5/c1-12-8-9-21-23(12)15-5-2-13(3-6-15)19(26)29-11-18(25)22-16-10-14(20)4-7-17(16)24(27)28/h2-10H,11H2,1H3,(H,22,25). The number of anilines is 1. The number of amides is 1. The zero-order valence-electron chi connectivity index (χ0n) is 15.2. The van der Waals surface area contributed by atoms with E-state index in [4.69, 9.17) is 16.3 Å². The van der Waals surface area contributed by atoms with Crippen molar-refractivity contribution in [1.29, 1.82) is 0 Å². The van der Waals surface area contributed by atoms with Crippen LogP contribution in [0.15, 0.2) is 54.7 Å². The van der Waals surface area contributed by atoms with Gasteiger partial charge in [0.05, 0.1) is 16.2 Å². The van der Waals surface area contributed by atoms with Gasteiger partial charge in [-0.15, -0.1) is 0 Å². The van der Waals surface area contributed by atoms with Crippen molar-refractivity contribution in [3.63, 3.8) is 0 Å². The SMILES string of the molecule is Cc1ccnn1-c1ccc(C(=O)OCC(=O)Nc2cc(Cl)ccc2[N+](=O)[O-])cc1. The lowest BCUT2D eigenvalue weighted by Gasteiger charge is -2.08. The number of carbonyl (C=O) groups excluding carboxylic acids is 2. The number of benzene rings is 2. The molecule has 2 aromatic carbocycles. The molecule has 0 aliphatic heterocycles. The second kappa shape index (κ2) is 8.53. The molecule has 0 saturated carbocycles. The van der Waals surface area contributed by atoms with E-state index in [-0.39, 0.29) is 22.0 Å². The molecule has 0 fully saturated rings. The average molecular weight is 415 g/mol. The Morgan fingerprint density at radius 2 is 1.93 bits per heavy atom. The van der Waals surface area contributed by atoms with E-state index in [1.54, 1.807) is 35.1 Å². The first-order valence-corrected chi connectivity index (χ1v) is 8.75. The number of halogens is 1. The van der Waals surface area contributed by atoms with Crippen LogP contribution in [0, 0.1) is 17.0 Å². The summed E-state index contributed by atoms with van der Waals surface area (Å²) in [6.07, 6.45) is 1.67. The molecule has 0 spiro atoms. The first-order valence-electron chi connectivity index (χ1n) is 8.37. The van der Waals surface area contributed by atoms with E-state index in [0.717, 1.165) is 11.4 Å². The minimum absolute atomic E-state index is 0.0810. The normalized spacial score (nSPS) is 10.4. The molecule has 0 unspecified atom stereocenters. The molecule has 9 nitrogen and oxygen atoms in total. The summed E-state index contributed by atoms with van der Waals surface area (Å²) in [6.45, 7) is 1.29. The van der Waals surface area contributed by atoms with Crippen LogP contribution in [0.2, 0.25) is 5.02 Å². The summed E-state index contributed by atoms with van der Waals surface area (Å²) < 4.78 is 6.68. The summed E-state index contributed by atoms with van der Waals surface area (Å²) in [4.78, 5) is 34.5. The van der Waals surface area contributed by atoms with Gasteiger partial charge in [0, 0.05) is 23.0 Å². The van der Waals surface area contributed by atoms with Crippen LogP contribution in [0.4, 0.5) is 11.4 Å². The fourth-order valence-corrected chi connectivity index (χ4v) is 2.72. The van der Waals surface area contributed by atoms with Gasteiger partial charge in [0.1, 0.15) is 5.69 Å². The van der Waals surface area contributed by atoms with Gasteiger partial charge in [0.2, 0.25) is 0 Å². The zero-order valence-corrected chi connectivity index (χ0v) is 15.9.